The Balaban J connectivity index is 2.13. The van der Waals surface area contributed by atoms with Gasteiger partial charge in [-0.25, -0.2) is 0 Å². The summed E-state index contributed by atoms with van der Waals surface area (Å²) in [6.45, 7) is 2.14. The highest BCUT2D eigenvalue weighted by Crippen LogP contribution is 2.21. The number of aromatic amines is 1. The molecule has 6 N–H and O–H groups in total. The van der Waals surface area contributed by atoms with Gasteiger partial charge in [0, 0.05) is 5.56 Å². The number of nitrogen functional groups attached to an aromatic ring is 1. The molecule has 0 aliphatic rings. The van der Waals surface area contributed by atoms with Crippen molar-refractivity contribution < 1.29 is 0 Å². The van der Waals surface area contributed by atoms with E-state index in [1.54, 1.807) is 6.20 Å². The summed E-state index contributed by atoms with van der Waals surface area (Å²) in [5.41, 5.74) is 12.0. The van der Waals surface area contributed by atoms with Crippen LogP contribution in [0.15, 0.2) is 30.5 Å². The summed E-state index contributed by atoms with van der Waals surface area (Å²) in [6.07, 6.45) is 3.54. The molecular weight excluding hydrogens is 226 g/mol. The van der Waals surface area contributed by atoms with Crippen LogP contribution in [0.25, 0.3) is 0 Å². The monoisotopic (exact) mass is 245 g/mol. The molecule has 5 nitrogen and oxygen atoms in total. The van der Waals surface area contributed by atoms with E-state index in [0.29, 0.717) is 5.82 Å². The average Bonchev–Trinajstić information content (AvgIpc) is 2.83. The summed E-state index contributed by atoms with van der Waals surface area (Å²) in [5.74, 6) is 6.15. The van der Waals surface area contributed by atoms with E-state index in [4.69, 9.17) is 11.6 Å². The van der Waals surface area contributed by atoms with E-state index in [1.807, 2.05) is 0 Å². The number of anilines is 1. The van der Waals surface area contributed by atoms with E-state index in [0.717, 1.165) is 18.4 Å². The predicted molar refractivity (Wildman–Crippen MR) is 72.6 cm³/mol. The molecule has 0 spiro atoms. The number of aryl methyl sites for hydroxylation is 1. The van der Waals surface area contributed by atoms with Crippen LogP contribution in [0, 0.1) is 0 Å². The van der Waals surface area contributed by atoms with Crippen LogP contribution >= 0.6 is 0 Å². The van der Waals surface area contributed by atoms with Gasteiger partial charge >= 0.3 is 0 Å². The predicted octanol–water partition coefficient (Wildman–Crippen LogP) is 1.30. The minimum atomic E-state index is -0.0313. The molecule has 18 heavy (non-hydrogen) atoms. The van der Waals surface area contributed by atoms with E-state index < -0.39 is 0 Å². The second kappa shape index (κ2) is 5.66. The highest BCUT2D eigenvalue weighted by atomic mass is 15.2. The van der Waals surface area contributed by atoms with Crippen molar-refractivity contribution >= 4 is 5.82 Å². The molecule has 2 aromatic rings. The van der Waals surface area contributed by atoms with Gasteiger partial charge in [0.1, 0.15) is 5.82 Å². The van der Waals surface area contributed by atoms with Crippen LogP contribution in [0.1, 0.15) is 29.7 Å². The first-order valence-electron chi connectivity index (χ1n) is 6.07. The highest BCUT2D eigenvalue weighted by Gasteiger charge is 2.15. The largest absolute Gasteiger partial charge is 0.384 e. The van der Waals surface area contributed by atoms with Crippen LogP contribution < -0.4 is 17.0 Å². The van der Waals surface area contributed by atoms with Crippen LogP contribution in [-0.2, 0) is 12.8 Å². The fraction of sp³-hybridized carbons (Fsp3) is 0.308. The summed E-state index contributed by atoms with van der Waals surface area (Å²) < 4.78 is 0. The van der Waals surface area contributed by atoms with Gasteiger partial charge in [-0.15, -0.1) is 0 Å². The second-order valence-corrected chi connectivity index (χ2v) is 4.33. The molecule has 0 amide bonds. The lowest BCUT2D eigenvalue weighted by Crippen LogP contribution is -2.29. The van der Waals surface area contributed by atoms with E-state index in [9.17, 15) is 0 Å². The summed E-state index contributed by atoms with van der Waals surface area (Å²) in [4.78, 5) is 0. The normalized spacial score (nSPS) is 12.6. The van der Waals surface area contributed by atoms with Crippen LogP contribution in [0.4, 0.5) is 5.82 Å². The van der Waals surface area contributed by atoms with E-state index >= 15 is 0 Å². The van der Waals surface area contributed by atoms with Gasteiger partial charge in [0.25, 0.3) is 0 Å². The standard InChI is InChI=1S/C13H19N5/c1-2-9-3-5-10(6-4-9)7-12(17-15)11-8-16-18-13(11)14/h3-6,8,12,17H,2,7,15H2,1H3,(H3,14,16,18). The third kappa shape index (κ3) is 2.69. The minimum Gasteiger partial charge on any atom is -0.384 e. The van der Waals surface area contributed by atoms with Crippen molar-refractivity contribution in [3.05, 3.63) is 47.2 Å². The molecule has 1 aromatic heterocycles. The second-order valence-electron chi connectivity index (χ2n) is 4.33. The molecule has 0 aliphatic heterocycles. The summed E-state index contributed by atoms with van der Waals surface area (Å²) in [7, 11) is 0. The third-order valence-electron chi connectivity index (χ3n) is 3.15. The zero-order chi connectivity index (χ0) is 13.0. The fourth-order valence-corrected chi connectivity index (χ4v) is 1.99. The maximum absolute atomic E-state index is 5.80. The number of nitrogens with zero attached hydrogens (tertiary/aromatic N) is 1. The Morgan fingerprint density at radius 3 is 2.44 bits per heavy atom. The van der Waals surface area contributed by atoms with Crippen molar-refractivity contribution in [3.63, 3.8) is 0 Å². The lowest BCUT2D eigenvalue weighted by Gasteiger charge is -2.15. The first-order valence-corrected chi connectivity index (χ1v) is 6.07. The molecule has 0 aliphatic carbocycles. The van der Waals surface area contributed by atoms with E-state index in [2.05, 4.69) is 46.8 Å². The van der Waals surface area contributed by atoms with Gasteiger partial charge in [0.2, 0.25) is 0 Å². The van der Waals surface area contributed by atoms with Crippen molar-refractivity contribution in [2.45, 2.75) is 25.8 Å². The maximum atomic E-state index is 5.80. The summed E-state index contributed by atoms with van der Waals surface area (Å²) >= 11 is 0. The Morgan fingerprint density at radius 2 is 1.94 bits per heavy atom. The van der Waals surface area contributed by atoms with Gasteiger partial charge in [-0.05, 0) is 24.0 Å². The molecule has 1 unspecified atom stereocenters. The number of hydrogen-bond acceptors (Lipinski definition) is 4. The first-order chi connectivity index (χ1) is 8.74. The van der Waals surface area contributed by atoms with E-state index in [1.165, 1.54) is 11.1 Å². The Labute approximate surface area is 107 Å². The maximum Gasteiger partial charge on any atom is 0.123 e. The molecule has 96 valence electrons. The Hall–Kier alpha value is -1.85. The third-order valence-corrected chi connectivity index (χ3v) is 3.15. The van der Waals surface area contributed by atoms with Crippen molar-refractivity contribution in [1.82, 2.24) is 15.6 Å². The van der Waals surface area contributed by atoms with Gasteiger partial charge in [-0.1, -0.05) is 31.2 Å². The van der Waals surface area contributed by atoms with Crippen LogP contribution in [0.2, 0.25) is 0 Å². The molecule has 0 fully saturated rings. The molecule has 1 aromatic carbocycles. The number of benzene rings is 1. The van der Waals surface area contributed by atoms with Crippen molar-refractivity contribution in [1.29, 1.82) is 0 Å². The number of H-pyrrole nitrogens is 1. The fourth-order valence-electron chi connectivity index (χ4n) is 1.99. The Morgan fingerprint density at radius 1 is 1.28 bits per heavy atom. The molecular formula is C13H19N5. The number of aromatic nitrogens is 2. The smallest absolute Gasteiger partial charge is 0.123 e. The minimum absolute atomic E-state index is 0.0313. The molecule has 1 atom stereocenters. The van der Waals surface area contributed by atoms with Crippen molar-refractivity contribution in [2.24, 2.45) is 5.84 Å². The van der Waals surface area contributed by atoms with Crippen molar-refractivity contribution in [2.75, 3.05) is 5.73 Å². The number of nitrogens with two attached hydrogens (primary N) is 2. The Kier molecular flexibility index (Phi) is 3.96. The summed E-state index contributed by atoms with van der Waals surface area (Å²) in [6, 6.07) is 8.50. The number of rotatable bonds is 5. The quantitative estimate of drug-likeness (QED) is 0.472. The summed E-state index contributed by atoms with van der Waals surface area (Å²) in [5, 5.41) is 6.63. The van der Waals surface area contributed by atoms with Gasteiger partial charge in [0.05, 0.1) is 12.2 Å². The van der Waals surface area contributed by atoms with Crippen LogP contribution in [0.5, 0.6) is 0 Å². The molecule has 0 saturated heterocycles. The molecule has 0 saturated carbocycles. The lowest BCUT2D eigenvalue weighted by molar-refractivity contribution is 0.553. The van der Waals surface area contributed by atoms with E-state index in [-0.39, 0.29) is 6.04 Å². The molecule has 5 heteroatoms. The van der Waals surface area contributed by atoms with Gasteiger partial charge < -0.3 is 5.73 Å². The molecule has 2 rings (SSSR count). The molecule has 1 heterocycles. The lowest BCUT2D eigenvalue weighted by atomic mass is 10.00. The van der Waals surface area contributed by atoms with Gasteiger partial charge in [-0.2, -0.15) is 5.10 Å². The van der Waals surface area contributed by atoms with Crippen molar-refractivity contribution in [3.8, 4) is 0 Å². The molecule has 0 bridgehead atoms. The first kappa shape index (κ1) is 12.6. The van der Waals surface area contributed by atoms with Gasteiger partial charge in [-0.3, -0.25) is 16.4 Å². The van der Waals surface area contributed by atoms with Crippen LogP contribution in [0.3, 0.4) is 0 Å². The number of nitrogens with one attached hydrogen (secondary N) is 2. The molecule has 0 radical (unpaired) electrons. The number of hydrogen-bond donors (Lipinski definition) is 4. The Bertz CT molecular complexity index is 488. The average molecular weight is 245 g/mol. The topological polar surface area (TPSA) is 92.7 Å². The van der Waals surface area contributed by atoms with Crippen LogP contribution in [-0.4, -0.2) is 10.2 Å². The zero-order valence-electron chi connectivity index (χ0n) is 10.5. The SMILES string of the molecule is CCc1ccc(CC(NN)c2cn[nH]c2N)cc1. The zero-order valence-corrected chi connectivity index (χ0v) is 10.5. The number of hydrazine groups is 1. The van der Waals surface area contributed by atoms with Gasteiger partial charge in [0.15, 0.2) is 0 Å². The highest BCUT2D eigenvalue weighted by molar-refractivity contribution is 5.40.